The van der Waals surface area contributed by atoms with Crippen molar-refractivity contribution >= 4 is 5.91 Å². The molecule has 138 valence electrons. The van der Waals surface area contributed by atoms with E-state index in [0.29, 0.717) is 43.3 Å². The van der Waals surface area contributed by atoms with Gasteiger partial charge in [-0.15, -0.1) is 0 Å². The number of amides is 1. The van der Waals surface area contributed by atoms with Gasteiger partial charge in [0.05, 0.1) is 18.8 Å². The van der Waals surface area contributed by atoms with Crippen molar-refractivity contribution in [2.75, 3.05) is 26.3 Å². The van der Waals surface area contributed by atoms with Crippen LogP contribution < -0.4 is 0 Å². The zero-order valence-electron chi connectivity index (χ0n) is 14.6. The maximum atomic E-state index is 12.6. The van der Waals surface area contributed by atoms with Gasteiger partial charge in [0.1, 0.15) is 17.3 Å². The van der Waals surface area contributed by atoms with Crippen molar-refractivity contribution in [3.05, 3.63) is 60.4 Å². The van der Waals surface area contributed by atoms with E-state index in [2.05, 4.69) is 4.98 Å². The maximum absolute atomic E-state index is 12.6. The van der Waals surface area contributed by atoms with Crippen LogP contribution in [0.3, 0.4) is 0 Å². The number of benzene rings is 2. The number of rotatable bonds is 3. The largest absolute Gasteiger partial charge is 0.508 e. The van der Waals surface area contributed by atoms with Gasteiger partial charge in [-0.2, -0.15) is 0 Å². The Morgan fingerprint density at radius 1 is 1.04 bits per heavy atom. The SMILES string of the molecule is O=C(c1ccc(-n2ccnc2-c2ccc(O)cc2O)cc1)N1CCOCC1. The molecule has 1 aromatic heterocycles. The summed E-state index contributed by atoms with van der Waals surface area (Å²) in [6.07, 6.45) is 3.41. The van der Waals surface area contributed by atoms with Crippen LogP contribution in [-0.4, -0.2) is 56.9 Å². The Bertz CT molecular complexity index is 960. The third-order valence-electron chi connectivity index (χ3n) is 4.55. The molecule has 0 aliphatic carbocycles. The minimum absolute atomic E-state index is 0.00752. The molecule has 0 spiro atoms. The number of aromatic hydroxyl groups is 2. The lowest BCUT2D eigenvalue weighted by molar-refractivity contribution is 0.0303. The minimum atomic E-state index is -0.0541. The summed E-state index contributed by atoms with van der Waals surface area (Å²) in [7, 11) is 0. The molecule has 4 rings (SSSR count). The van der Waals surface area contributed by atoms with Gasteiger partial charge in [0, 0.05) is 42.8 Å². The fourth-order valence-electron chi connectivity index (χ4n) is 3.13. The summed E-state index contributed by atoms with van der Waals surface area (Å²) in [5.74, 6) is 0.466. The molecule has 0 radical (unpaired) electrons. The Hall–Kier alpha value is -3.32. The summed E-state index contributed by atoms with van der Waals surface area (Å²) in [5, 5.41) is 19.6. The van der Waals surface area contributed by atoms with E-state index in [9.17, 15) is 15.0 Å². The minimum Gasteiger partial charge on any atom is -0.508 e. The van der Waals surface area contributed by atoms with Crippen LogP contribution in [0.2, 0.25) is 0 Å². The number of hydrogen-bond acceptors (Lipinski definition) is 5. The number of aromatic nitrogens is 2. The Balaban J connectivity index is 1.62. The standard InChI is InChI=1S/C20H19N3O4/c24-16-5-6-17(18(25)13-16)19-21-7-8-23(19)15-3-1-14(2-4-15)20(26)22-9-11-27-12-10-22/h1-8,13,24-25H,9-12H2. The monoisotopic (exact) mass is 365 g/mol. The van der Waals surface area contributed by atoms with Crippen LogP contribution in [0.15, 0.2) is 54.9 Å². The Morgan fingerprint density at radius 3 is 2.48 bits per heavy atom. The van der Waals surface area contributed by atoms with E-state index in [1.54, 1.807) is 35.5 Å². The van der Waals surface area contributed by atoms with Crippen molar-refractivity contribution in [2.24, 2.45) is 0 Å². The zero-order valence-corrected chi connectivity index (χ0v) is 14.6. The maximum Gasteiger partial charge on any atom is 0.254 e. The molecular weight excluding hydrogens is 346 g/mol. The second-order valence-electron chi connectivity index (χ2n) is 6.27. The van der Waals surface area contributed by atoms with Crippen LogP contribution >= 0.6 is 0 Å². The fraction of sp³-hybridized carbons (Fsp3) is 0.200. The molecule has 0 unspecified atom stereocenters. The van der Waals surface area contributed by atoms with Gasteiger partial charge >= 0.3 is 0 Å². The molecule has 0 saturated carbocycles. The average molecular weight is 365 g/mol. The van der Waals surface area contributed by atoms with Crippen molar-refractivity contribution in [3.8, 4) is 28.6 Å². The highest BCUT2D eigenvalue weighted by atomic mass is 16.5. The van der Waals surface area contributed by atoms with E-state index < -0.39 is 0 Å². The van der Waals surface area contributed by atoms with Crippen LogP contribution in [-0.2, 0) is 4.74 Å². The van der Waals surface area contributed by atoms with Gasteiger partial charge in [-0.25, -0.2) is 4.98 Å². The third kappa shape index (κ3) is 3.37. The van der Waals surface area contributed by atoms with Crippen LogP contribution in [0.5, 0.6) is 11.5 Å². The lowest BCUT2D eigenvalue weighted by Crippen LogP contribution is -2.40. The van der Waals surface area contributed by atoms with Crippen molar-refractivity contribution in [1.82, 2.24) is 14.5 Å². The van der Waals surface area contributed by atoms with Gasteiger partial charge < -0.3 is 19.8 Å². The van der Waals surface area contributed by atoms with Crippen LogP contribution in [0.1, 0.15) is 10.4 Å². The van der Waals surface area contributed by atoms with E-state index >= 15 is 0 Å². The number of imidazole rings is 1. The predicted octanol–water partition coefficient (Wildman–Crippen LogP) is 2.42. The molecule has 1 amide bonds. The summed E-state index contributed by atoms with van der Waals surface area (Å²) in [6.45, 7) is 2.34. The van der Waals surface area contributed by atoms with Gasteiger partial charge in [-0.05, 0) is 36.4 Å². The van der Waals surface area contributed by atoms with E-state index in [1.165, 1.54) is 12.1 Å². The van der Waals surface area contributed by atoms with E-state index in [-0.39, 0.29) is 17.4 Å². The first-order valence-electron chi connectivity index (χ1n) is 8.66. The molecule has 1 aliphatic heterocycles. The lowest BCUT2D eigenvalue weighted by atomic mass is 10.1. The van der Waals surface area contributed by atoms with Gasteiger partial charge in [0.25, 0.3) is 5.91 Å². The fourth-order valence-corrected chi connectivity index (χ4v) is 3.13. The van der Waals surface area contributed by atoms with Crippen molar-refractivity contribution in [3.63, 3.8) is 0 Å². The zero-order chi connectivity index (χ0) is 18.8. The summed E-state index contributed by atoms with van der Waals surface area (Å²) in [5.41, 5.74) is 1.94. The Morgan fingerprint density at radius 2 is 1.78 bits per heavy atom. The molecule has 1 saturated heterocycles. The average Bonchev–Trinajstić information content (AvgIpc) is 3.18. The smallest absolute Gasteiger partial charge is 0.254 e. The van der Waals surface area contributed by atoms with Gasteiger partial charge in [0.15, 0.2) is 0 Å². The van der Waals surface area contributed by atoms with Crippen molar-refractivity contribution < 1.29 is 19.7 Å². The van der Waals surface area contributed by atoms with Crippen LogP contribution in [0.25, 0.3) is 17.1 Å². The summed E-state index contributed by atoms with van der Waals surface area (Å²) in [4.78, 5) is 18.7. The Labute approximate surface area is 156 Å². The second kappa shape index (κ2) is 7.13. The van der Waals surface area contributed by atoms with Gasteiger partial charge in [-0.3, -0.25) is 9.36 Å². The van der Waals surface area contributed by atoms with E-state index in [4.69, 9.17) is 4.74 Å². The molecule has 2 N–H and O–H groups in total. The molecule has 3 aromatic rings. The predicted molar refractivity (Wildman–Crippen MR) is 99.1 cm³/mol. The lowest BCUT2D eigenvalue weighted by Gasteiger charge is -2.26. The quantitative estimate of drug-likeness (QED) is 0.744. The second-order valence-corrected chi connectivity index (χ2v) is 6.27. The number of hydrogen-bond donors (Lipinski definition) is 2. The number of ether oxygens (including phenoxy) is 1. The summed E-state index contributed by atoms with van der Waals surface area (Å²) >= 11 is 0. The van der Waals surface area contributed by atoms with Crippen molar-refractivity contribution in [2.45, 2.75) is 0 Å². The molecule has 1 fully saturated rings. The first-order valence-corrected chi connectivity index (χ1v) is 8.66. The molecule has 0 bridgehead atoms. The third-order valence-corrected chi connectivity index (χ3v) is 4.55. The van der Waals surface area contributed by atoms with Crippen molar-refractivity contribution in [1.29, 1.82) is 0 Å². The van der Waals surface area contributed by atoms with Gasteiger partial charge in [-0.1, -0.05) is 0 Å². The molecule has 7 nitrogen and oxygen atoms in total. The molecule has 0 atom stereocenters. The first kappa shape index (κ1) is 17.1. The number of carbonyl (C=O) groups excluding carboxylic acids is 1. The summed E-state index contributed by atoms with van der Waals surface area (Å²) in [6, 6.07) is 11.6. The molecule has 27 heavy (non-hydrogen) atoms. The topological polar surface area (TPSA) is 87.8 Å². The number of phenols is 2. The Kier molecular flexibility index (Phi) is 4.52. The summed E-state index contributed by atoms with van der Waals surface area (Å²) < 4.78 is 7.10. The van der Waals surface area contributed by atoms with E-state index in [1.807, 2.05) is 16.7 Å². The van der Waals surface area contributed by atoms with Crippen LogP contribution in [0.4, 0.5) is 0 Å². The molecular formula is C20H19N3O4. The van der Waals surface area contributed by atoms with Gasteiger partial charge in [0.2, 0.25) is 0 Å². The highest BCUT2D eigenvalue weighted by Crippen LogP contribution is 2.32. The number of phenolic OH excluding ortho intramolecular Hbond substituents is 2. The normalized spacial score (nSPS) is 14.3. The molecule has 1 aliphatic rings. The molecule has 2 aromatic carbocycles. The highest BCUT2D eigenvalue weighted by Gasteiger charge is 2.19. The number of morpholine rings is 1. The number of carbonyl (C=O) groups is 1. The molecule has 7 heteroatoms. The van der Waals surface area contributed by atoms with Crippen LogP contribution in [0, 0.1) is 0 Å². The number of nitrogens with zero attached hydrogens (tertiary/aromatic N) is 3. The highest BCUT2D eigenvalue weighted by molar-refractivity contribution is 5.94. The molecule has 2 heterocycles. The first-order chi connectivity index (χ1) is 13.1. The van der Waals surface area contributed by atoms with E-state index in [0.717, 1.165) is 5.69 Å².